The maximum absolute atomic E-state index is 12.8. The van der Waals surface area contributed by atoms with Crippen LogP contribution in [0.25, 0.3) is 0 Å². The number of amides is 2. The van der Waals surface area contributed by atoms with Gasteiger partial charge < -0.3 is 15.2 Å². The maximum atomic E-state index is 12.8. The van der Waals surface area contributed by atoms with Crippen molar-refractivity contribution >= 4 is 17.5 Å². The van der Waals surface area contributed by atoms with Gasteiger partial charge in [0.05, 0.1) is 17.9 Å². The van der Waals surface area contributed by atoms with Gasteiger partial charge in [-0.2, -0.15) is 0 Å². The molecule has 28 heavy (non-hydrogen) atoms. The molecule has 2 aromatic heterocycles. The van der Waals surface area contributed by atoms with E-state index in [1.165, 1.54) is 0 Å². The van der Waals surface area contributed by atoms with Crippen LogP contribution in [0.15, 0.2) is 54.7 Å². The zero-order chi connectivity index (χ0) is 19.3. The number of benzene rings is 1. The second kappa shape index (κ2) is 8.04. The van der Waals surface area contributed by atoms with Crippen LogP contribution in [-0.4, -0.2) is 26.3 Å². The summed E-state index contributed by atoms with van der Waals surface area (Å²) in [6.07, 6.45) is 4.36. The Hall–Kier alpha value is -3.48. The summed E-state index contributed by atoms with van der Waals surface area (Å²) in [6.45, 7) is 1.00. The highest BCUT2D eigenvalue weighted by Gasteiger charge is 2.27. The summed E-state index contributed by atoms with van der Waals surface area (Å²) in [5.41, 5.74) is 2.62. The van der Waals surface area contributed by atoms with Crippen LogP contribution >= 0.6 is 0 Å². The Morgan fingerprint density at radius 3 is 2.61 bits per heavy atom. The first-order valence-electron chi connectivity index (χ1n) is 9.36. The molecular formula is C21H21N5O2. The molecule has 0 spiro atoms. The summed E-state index contributed by atoms with van der Waals surface area (Å²) in [7, 11) is 0. The standard InChI is InChI=1S/C21H21N5O2/c27-20(23-14-16-10-4-6-12-22-16)18-17-11-5-7-13-26(17)19(25-18)21(28)24-15-8-2-1-3-9-15/h1-4,6,8-10,12H,5,7,11,13-14H2,(H,23,27)(H,24,28). The van der Waals surface area contributed by atoms with Gasteiger partial charge in [0.15, 0.2) is 5.82 Å². The minimum Gasteiger partial charge on any atom is -0.345 e. The van der Waals surface area contributed by atoms with Gasteiger partial charge in [0, 0.05) is 18.4 Å². The highest BCUT2D eigenvalue weighted by Crippen LogP contribution is 2.22. The molecule has 4 rings (SSSR count). The molecule has 0 fully saturated rings. The predicted molar refractivity (Wildman–Crippen MR) is 105 cm³/mol. The largest absolute Gasteiger partial charge is 0.345 e. The molecule has 0 saturated heterocycles. The number of para-hydroxylation sites is 1. The van der Waals surface area contributed by atoms with Gasteiger partial charge in [0.2, 0.25) is 0 Å². The third kappa shape index (κ3) is 3.78. The van der Waals surface area contributed by atoms with Gasteiger partial charge in [0.25, 0.3) is 11.8 Å². The number of hydrogen-bond acceptors (Lipinski definition) is 4. The van der Waals surface area contributed by atoms with Gasteiger partial charge in [-0.15, -0.1) is 0 Å². The summed E-state index contributed by atoms with van der Waals surface area (Å²) in [6, 6.07) is 14.8. The summed E-state index contributed by atoms with van der Waals surface area (Å²) in [5, 5.41) is 5.71. The number of nitrogens with zero attached hydrogens (tertiary/aromatic N) is 3. The van der Waals surface area contributed by atoms with Gasteiger partial charge in [-0.05, 0) is 43.5 Å². The molecular weight excluding hydrogens is 354 g/mol. The molecule has 0 bridgehead atoms. The first-order valence-corrected chi connectivity index (χ1v) is 9.36. The van der Waals surface area contributed by atoms with Crippen LogP contribution < -0.4 is 10.6 Å². The Balaban J connectivity index is 1.56. The Labute approximate surface area is 162 Å². The molecule has 1 aromatic carbocycles. The fourth-order valence-electron chi connectivity index (χ4n) is 3.36. The van der Waals surface area contributed by atoms with E-state index in [0.717, 1.165) is 30.7 Å². The molecule has 0 radical (unpaired) electrons. The smallest absolute Gasteiger partial charge is 0.291 e. The molecule has 7 heteroatoms. The highest BCUT2D eigenvalue weighted by atomic mass is 16.2. The van der Waals surface area contributed by atoms with Crippen LogP contribution in [0.2, 0.25) is 0 Å². The number of pyridine rings is 1. The quantitative estimate of drug-likeness (QED) is 0.718. The number of hydrogen-bond donors (Lipinski definition) is 2. The molecule has 7 nitrogen and oxygen atoms in total. The molecule has 0 aliphatic carbocycles. The number of nitrogens with one attached hydrogen (secondary N) is 2. The Bertz CT molecular complexity index is 983. The monoisotopic (exact) mass is 375 g/mol. The molecule has 3 aromatic rings. The lowest BCUT2D eigenvalue weighted by atomic mass is 10.1. The van der Waals surface area contributed by atoms with Crippen molar-refractivity contribution in [2.24, 2.45) is 0 Å². The van der Waals surface area contributed by atoms with Crippen LogP contribution in [0.4, 0.5) is 5.69 Å². The fourth-order valence-corrected chi connectivity index (χ4v) is 3.36. The van der Waals surface area contributed by atoms with Gasteiger partial charge >= 0.3 is 0 Å². The van der Waals surface area contributed by atoms with Crippen molar-refractivity contribution in [2.45, 2.75) is 32.4 Å². The second-order valence-corrected chi connectivity index (χ2v) is 6.66. The maximum Gasteiger partial charge on any atom is 0.291 e. The summed E-state index contributed by atoms with van der Waals surface area (Å²) in [5.74, 6) is -0.310. The Morgan fingerprint density at radius 2 is 1.82 bits per heavy atom. The van der Waals surface area contributed by atoms with E-state index in [4.69, 9.17) is 0 Å². The van der Waals surface area contributed by atoms with E-state index in [0.29, 0.717) is 24.5 Å². The number of imidazole rings is 1. The molecule has 1 aliphatic heterocycles. The molecule has 0 unspecified atom stereocenters. The van der Waals surface area contributed by atoms with Crippen LogP contribution in [0.3, 0.4) is 0 Å². The summed E-state index contributed by atoms with van der Waals surface area (Å²) >= 11 is 0. The van der Waals surface area contributed by atoms with Crippen LogP contribution in [0.1, 0.15) is 45.3 Å². The van der Waals surface area contributed by atoms with Crippen molar-refractivity contribution in [3.8, 4) is 0 Å². The van der Waals surface area contributed by atoms with Crippen molar-refractivity contribution in [3.63, 3.8) is 0 Å². The molecule has 0 saturated carbocycles. The molecule has 2 amide bonds. The van der Waals surface area contributed by atoms with Crippen molar-refractivity contribution in [1.29, 1.82) is 0 Å². The molecule has 0 atom stereocenters. The predicted octanol–water partition coefficient (Wildman–Crippen LogP) is 2.80. The van der Waals surface area contributed by atoms with Crippen LogP contribution in [-0.2, 0) is 19.5 Å². The van der Waals surface area contributed by atoms with Crippen molar-refractivity contribution < 1.29 is 9.59 Å². The average molecular weight is 375 g/mol. The summed E-state index contributed by atoms with van der Waals surface area (Å²) in [4.78, 5) is 34.1. The molecule has 3 heterocycles. The number of fused-ring (bicyclic) bond motifs is 1. The normalized spacial score (nSPS) is 12.9. The van der Waals surface area contributed by atoms with E-state index in [9.17, 15) is 9.59 Å². The average Bonchev–Trinajstić information content (AvgIpc) is 3.13. The number of carbonyl (C=O) groups is 2. The van der Waals surface area contributed by atoms with Crippen molar-refractivity contribution in [3.05, 3.63) is 77.6 Å². The number of aromatic nitrogens is 3. The Morgan fingerprint density at radius 1 is 1.00 bits per heavy atom. The minimum atomic E-state index is -0.307. The molecule has 142 valence electrons. The lowest BCUT2D eigenvalue weighted by Gasteiger charge is -2.17. The molecule has 1 aliphatic rings. The van der Waals surface area contributed by atoms with E-state index in [1.54, 1.807) is 6.20 Å². The van der Waals surface area contributed by atoms with E-state index in [1.807, 2.05) is 53.1 Å². The highest BCUT2D eigenvalue weighted by molar-refractivity contribution is 6.03. The van der Waals surface area contributed by atoms with Crippen LogP contribution in [0, 0.1) is 0 Å². The molecule has 2 N–H and O–H groups in total. The topological polar surface area (TPSA) is 88.9 Å². The first kappa shape index (κ1) is 17.9. The zero-order valence-corrected chi connectivity index (χ0v) is 15.4. The SMILES string of the molecule is O=C(NCc1ccccn1)c1nc(C(=O)Nc2ccccc2)n2c1CCCC2. The number of anilines is 1. The van der Waals surface area contributed by atoms with Gasteiger partial charge in [-0.25, -0.2) is 4.98 Å². The second-order valence-electron chi connectivity index (χ2n) is 6.66. The fraction of sp³-hybridized carbons (Fsp3) is 0.238. The minimum absolute atomic E-state index is 0.279. The van der Waals surface area contributed by atoms with Gasteiger partial charge in [0.1, 0.15) is 5.69 Å². The zero-order valence-electron chi connectivity index (χ0n) is 15.4. The van der Waals surface area contributed by atoms with Crippen molar-refractivity contribution in [1.82, 2.24) is 19.9 Å². The third-order valence-corrected chi connectivity index (χ3v) is 4.72. The summed E-state index contributed by atoms with van der Waals surface area (Å²) < 4.78 is 1.87. The van der Waals surface area contributed by atoms with Gasteiger partial charge in [-0.3, -0.25) is 14.6 Å². The first-order chi connectivity index (χ1) is 13.7. The lowest BCUT2D eigenvalue weighted by Crippen LogP contribution is -2.25. The number of carbonyl (C=O) groups excluding carboxylic acids is 2. The van der Waals surface area contributed by atoms with E-state index in [-0.39, 0.29) is 17.6 Å². The third-order valence-electron chi connectivity index (χ3n) is 4.72. The van der Waals surface area contributed by atoms with Crippen molar-refractivity contribution in [2.75, 3.05) is 5.32 Å². The number of rotatable bonds is 5. The lowest BCUT2D eigenvalue weighted by molar-refractivity contribution is 0.0944. The van der Waals surface area contributed by atoms with E-state index >= 15 is 0 Å². The van der Waals surface area contributed by atoms with Gasteiger partial charge in [-0.1, -0.05) is 24.3 Å². The van der Waals surface area contributed by atoms with E-state index in [2.05, 4.69) is 20.6 Å². The Kier molecular flexibility index (Phi) is 5.14. The van der Waals surface area contributed by atoms with Crippen LogP contribution in [0.5, 0.6) is 0 Å². The van der Waals surface area contributed by atoms with E-state index < -0.39 is 0 Å².